The van der Waals surface area contributed by atoms with Gasteiger partial charge in [0, 0.05) is 6.04 Å². The summed E-state index contributed by atoms with van der Waals surface area (Å²) in [7, 11) is 2.23. The first kappa shape index (κ1) is 10.0. The normalized spacial score (nSPS) is 31.0. The number of nitrogens with zero attached hydrogens (tertiary/aromatic N) is 1. The highest BCUT2D eigenvalue weighted by Crippen LogP contribution is 2.26. The van der Waals surface area contributed by atoms with Gasteiger partial charge in [0.2, 0.25) is 0 Å². The minimum absolute atomic E-state index is 0.790. The number of rotatable bonds is 3. The van der Waals surface area contributed by atoms with E-state index >= 15 is 0 Å². The summed E-state index contributed by atoms with van der Waals surface area (Å²) in [6, 6.07) is 0.803. The van der Waals surface area contributed by atoms with Crippen LogP contribution in [0.2, 0.25) is 0 Å². The number of nitrogens with two attached hydrogens (primary N) is 1. The van der Waals surface area contributed by atoms with Gasteiger partial charge in [-0.15, -0.1) is 0 Å². The lowest BCUT2D eigenvalue weighted by molar-refractivity contribution is 0.167. The highest BCUT2D eigenvalue weighted by molar-refractivity contribution is 4.78. The van der Waals surface area contributed by atoms with Crippen molar-refractivity contribution < 1.29 is 0 Å². The lowest BCUT2D eigenvalue weighted by Crippen LogP contribution is -2.37. The molecule has 0 bridgehead atoms. The first-order chi connectivity index (χ1) is 5.77. The maximum atomic E-state index is 5.69. The summed E-state index contributed by atoms with van der Waals surface area (Å²) in [5.74, 6) is 0.790. The maximum Gasteiger partial charge on any atom is 0.00952 e. The number of hydrogen-bond donors (Lipinski definition) is 1. The molecule has 72 valence electrons. The van der Waals surface area contributed by atoms with Crippen LogP contribution in [0.3, 0.4) is 0 Å². The molecule has 12 heavy (non-hydrogen) atoms. The molecule has 2 unspecified atom stereocenters. The van der Waals surface area contributed by atoms with Gasteiger partial charge < -0.3 is 10.6 Å². The van der Waals surface area contributed by atoms with Gasteiger partial charge in [0.25, 0.3) is 0 Å². The van der Waals surface area contributed by atoms with Crippen molar-refractivity contribution >= 4 is 0 Å². The van der Waals surface area contributed by atoms with Crippen LogP contribution in [0.1, 0.15) is 32.6 Å². The fourth-order valence-corrected chi connectivity index (χ4v) is 2.14. The van der Waals surface area contributed by atoms with Gasteiger partial charge in [-0.3, -0.25) is 0 Å². The van der Waals surface area contributed by atoms with E-state index in [0.29, 0.717) is 0 Å². The van der Waals surface area contributed by atoms with E-state index in [2.05, 4.69) is 18.9 Å². The number of hydrogen-bond acceptors (Lipinski definition) is 2. The van der Waals surface area contributed by atoms with E-state index in [1.54, 1.807) is 0 Å². The zero-order chi connectivity index (χ0) is 8.97. The Kier molecular flexibility index (Phi) is 4.02. The average Bonchev–Trinajstić information content (AvgIpc) is 2.17. The molecule has 2 nitrogen and oxygen atoms in total. The van der Waals surface area contributed by atoms with E-state index in [4.69, 9.17) is 5.73 Å². The van der Waals surface area contributed by atoms with Crippen LogP contribution in [0.25, 0.3) is 0 Å². The third-order valence-electron chi connectivity index (χ3n) is 3.21. The topological polar surface area (TPSA) is 29.3 Å². The van der Waals surface area contributed by atoms with Crippen LogP contribution in [-0.2, 0) is 0 Å². The van der Waals surface area contributed by atoms with Gasteiger partial charge in [-0.05, 0) is 45.3 Å². The summed E-state index contributed by atoms with van der Waals surface area (Å²) >= 11 is 0. The first-order valence-corrected chi connectivity index (χ1v) is 5.18. The van der Waals surface area contributed by atoms with Crippen LogP contribution in [0.15, 0.2) is 0 Å². The fourth-order valence-electron chi connectivity index (χ4n) is 2.14. The van der Waals surface area contributed by atoms with E-state index in [0.717, 1.165) is 18.5 Å². The average molecular weight is 170 g/mol. The predicted molar refractivity (Wildman–Crippen MR) is 53.1 cm³/mol. The molecule has 0 aromatic carbocycles. The Hall–Kier alpha value is -0.0800. The third kappa shape index (κ3) is 2.46. The summed E-state index contributed by atoms with van der Waals surface area (Å²) in [5.41, 5.74) is 5.69. The zero-order valence-corrected chi connectivity index (χ0v) is 8.42. The summed E-state index contributed by atoms with van der Waals surface area (Å²) in [6.45, 7) is 4.28. The molecule has 0 spiro atoms. The first-order valence-electron chi connectivity index (χ1n) is 5.18. The van der Waals surface area contributed by atoms with Crippen molar-refractivity contribution in [2.24, 2.45) is 11.7 Å². The molecule has 0 amide bonds. The largest absolute Gasteiger partial charge is 0.330 e. The van der Waals surface area contributed by atoms with Crippen LogP contribution >= 0.6 is 0 Å². The van der Waals surface area contributed by atoms with E-state index in [9.17, 15) is 0 Å². The van der Waals surface area contributed by atoms with E-state index in [1.807, 2.05) is 0 Å². The van der Waals surface area contributed by atoms with Crippen molar-refractivity contribution in [3.63, 3.8) is 0 Å². The van der Waals surface area contributed by atoms with Gasteiger partial charge in [0.15, 0.2) is 0 Å². The van der Waals surface area contributed by atoms with Gasteiger partial charge in [-0.2, -0.15) is 0 Å². The quantitative estimate of drug-likeness (QED) is 0.694. The van der Waals surface area contributed by atoms with Crippen LogP contribution in [0.4, 0.5) is 0 Å². The molecule has 0 saturated heterocycles. The van der Waals surface area contributed by atoms with E-state index in [-0.39, 0.29) is 0 Å². The highest BCUT2D eigenvalue weighted by atomic mass is 15.1. The van der Waals surface area contributed by atoms with E-state index in [1.165, 1.54) is 32.2 Å². The van der Waals surface area contributed by atoms with Crippen LogP contribution < -0.4 is 5.73 Å². The predicted octanol–water partition coefficient (Wildman–Crippen LogP) is 1.46. The summed E-state index contributed by atoms with van der Waals surface area (Å²) in [6.07, 6.45) is 5.42. The maximum absolute atomic E-state index is 5.69. The molecule has 0 heterocycles. The second kappa shape index (κ2) is 4.83. The van der Waals surface area contributed by atoms with Crippen molar-refractivity contribution in [1.82, 2.24) is 4.90 Å². The van der Waals surface area contributed by atoms with Crippen molar-refractivity contribution in [2.75, 3.05) is 20.1 Å². The monoisotopic (exact) mass is 170 g/mol. The molecule has 0 aromatic heterocycles. The molecule has 1 fully saturated rings. The smallest absolute Gasteiger partial charge is 0.00952 e. The fraction of sp³-hybridized carbons (Fsp3) is 1.00. The Bertz CT molecular complexity index is 123. The molecular weight excluding hydrogens is 148 g/mol. The van der Waals surface area contributed by atoms with Crippen LogP contribution in [-0.4, -0.2) is 31.1 Å². The van der Waals surface area contributed by atoms with Crippen LogP contribution in [0.5, 0.6) is 0 Å². The minimum atomic E-state index is 0.790. The van der Waals surface area contributed by atoms with E-state index < -0.39 is 0 Å². The van der Waals surface area contributed by atoms with Gasteiger partial charge in [-0.25, -0.2) is 0 Å². The van der Waals surface area contributed by atoms with Crippen molar-refractivity contribution in [2.45, 2.75) is 38.6 Å². The molecule has 2 heteroatoms. The Morgan fingerprint density at radius 2 is 2.17 bits per heavy atom. The highest BCUT2D eigenvalue weighted by Gasteiger charge is 2.22. The van der Waals surface area contributed by atoms with Gasteiger partial charge in [0.05, 0.1) is 0 Å². The molecule has 1 aliphatic carbocycles. The Morgan fingerprint density at radius 1 is 1.42 bits per heavy atom. The molecule has 1 rings (SSSR count). The minimum Gasteiger partial charge on any atom is -0.330 e. The summed E-state index contributed by atoms with van der Waals surface area (Å²) < 4.78 is 0. The SMILES string of the molecule is CCN(C)C1CCCC(CN)C1. The lowest BCUT2D eigenvalue weighted by Gasteiger charge is -2.34. The molecule has 0 aromatic rings. The zero-order valence-electron chi connectivity index (χ0n) is 8.42. The Morgan fingerprint density at radius 3 is 2.75 bits per heavy atom. The second-order valence-corrected chi connectivity index (χ2v) is 4.00. The standard InChI is InChI=1S/C10H22N2/c1-3-12(2)10-6-4-5-9(7-10)8-11/h9-10H,3-8,11H2,1-2H3. The van der Waals surface area contributed by atoms with Crippen molar-refractivity contribution in [1.29, 1.82) is 0 Å². The Balaban J connectivity index is 2.34. The van der Waals surface area contributed by atoms with Gasteiger partial charge in [-0.1, -0.05) is 13.3 Å². The van der Waals surface area contributed by atoms with Crippen molar-refractivity contribution in [3.8, 4) is 0 Å². The molecule has 1 saturated carbocycles. The lowest BCUT2D eigenvalue weighted by atomic mass is 9.85. The van der Waals surface area contributed by atoms with Gasteiger partial charge >= 0.3 is 0 Å². The summed E-state index contributed by atoms with van der Waals surface area (Å²) in [4.78, 5) is 2.46. The third-order valence-corrected chi connectivity index (χ3v) is 3.21. The van der Waals surface area contributed by atoms with Crippen LogP contribution in [0, 0.1) is 5.92 Å². The van der Waals surface area contributed by atoms with Gasteiger partial charge in [0.1, 0.15) is 0 Å². The van der Waals surface area contributed by atoms with Crippen molar-refractivity contribution in [3.05, 3.63) is 0 Å². The summed E-state index contributed by atoms with van der Waals surface area (Å²) in [5, 5.41) is 0. The second-order valence-electron chi connectivity index (χ2n) is 4.00. The molecule has 2 atom stereocenters. The molecule has 1 aliphatic rings. The Labute approximate surface area is 76.1 Å². The molecule has 2 N–H and O–H groups in total. The molecule has 0 aliphatic heterocycles. The molecular formula is C10H22N2. The molecule has 0 radical (unpaired) electrons.